The predicted molar refractivity (Wildman–Crippen MR) is 55.4 cm³/mol. The van der Waals surface area contributed by atoms with Crippen LogP contribution in [0, 0.1) is 5.92 Å². The summed E-state index contributed by atoms with van der Waals surface area (Å²) in [6.07, 6.45) is 2.65. The Morgan fingerprint density at radius 1 is 1.46 bits per heavy atom. The van der Waals surface area contributed by atoms with Crippen molar-refractivity contribution in [3.05, 3.63) is 30.1 Å². The van der Waals surface area contributed by atoms with Crippen molar-refractivity contribution in [3.8, 4) is 0 Å². The normalized spacial score (nSPS) is 15.8. The van der Waals surface area contributed by atoms with E-state index in [1.807, 2.05) is 24.4 Å². The van der Waals surface area contributed by atoms with Gasteiger partial charge in [-0.15, -0.1) is 0 Å². The van der Waals surface area contributed by atoms with E-state index in [2.05, 4.69) is 25.8 Å². The largest absolute Gasteiger partial charge is 0.325 e. The van der Waals surface area contributed by atoms with Crippen LogP contribution in [0.25, 0.3) is 0 Å². The molecule has 13 heavy (non-hydrogen) atoms. The van der Waals surface area contributed by atoms with Gasteiger partial charge in [0.2, 0.25) is 0 Å². The second-order valence-corrected chi connectivity index (χ2v) is 4.16. The highest BCUT2D eigenvalue weighted by Gasteiger charge is 2.23. The van der Waals surface area contributed by atoms with Crippen LogP contribution in [-0.2, 0) is 6.42 Å². The minimum Gasteiger partial charge on any atom is -0.325 e. The lowest BCUT2D eigenvalue weighted by Gasteiger charge is -2.28. The van der Waals surface area contributed by atoms with E-state index in [1.54, 1.807) is 0 Å². The Morgan fingerprint density at radius 2 is 2.15 bits per heavy atom. The lowest BCUT2D eigenvalue weighted by Crippen LogP contribution is -2.44. The molecule has 1 atom stereocenters. The fourth-order valence-electron chi connectivity index (χ4n) is 1.10. The Morgan fingerprint density at radius 3 is 2.62 bits per heavy atom. The molecule has 0 aliphatic carbocycles. The second-order valence-electron chi connectivity index (χ2n) is 4.16. The lowest BCUT2D eigenvalue weighted by molar-refractivity contribution is 0.335. The second kappa shape index (κ2) is 3.88. The van der Waals surface area contributed by atoms with Crippen molar-refractivity contribution in [2.45, 2.75) is 32.7 Å². The van der Waals surface area contributed by atoms with Crippen LogP contribution in [0.4, 0.5) is 0 Å². The average molecular weight is 178 g/mol. The zero-order valence-electron chi connectivity index (χ0n) is 8.62. The average Bonchev–Trinajstić information content (AvgIpc) is 2.05. The molecule has 1 heterocycles. The number of hydrogen-bond acceptors (Lipinski definition) is 2. The van der Waals surface area contributed by atoms with Gasteiger partial charge in [-0.3, -0.25) is 4.98 Å². The van der Waals surface area contributed by atoms with Crippen LogP contribution in [-0.4, -0.2) is 10.5 Å². The summed E-state index contributed by atoms with van der Waals surface area (Å²) in [6.45, 7) is 6.36. The maximum Gasteiger partial charge on any atom is 0.0421 e. The Bertz CT molecular complexity index is 252. The number of nitrogens with two attached hydrogens (primary N) is 1. The van der Waals surface area contributed by atoms with Gasteiger partial charge in [-0.2, -0.15) is 0 Å². The molecule has 0 saturated carbocycles. The summed E-state index contributed by atoms with van der Waals surface area (Å²) in [4.78, 5) is 4.27. The zero-order chi connectivity index (χ0) is 9.90. The molecule has 2 nitrogen and oxygen atoms in total. The first kappa shape index (κ1) is 10.2. The highest BCUT2D eigenvalue weighted by Crippen LogP contribution is 2.17. The van der Waals surface area contributed by atoms with E-state index in [9.17, 15) is 0 Å². The van der Waals surface area contributed by atoms with E-state index >= 15 is 0 Å². The highest BCUT2D eigenvalue weighted by molar-refractivity contribution is 5.07. The van der Waals surface area contributed by atoms with E-state index < -0.39 is 0 Å². The van der Waals surface area contributed by atoms with Crippen LogP contribution in [0.2, 0.25) is 0 Å². The van der Waals surface area contributed by atoms with Crippen molar-refractivity contribution in [2.24, 2.45) is 11.7 Å². The van der Waals surface area contributed by atoms with E-state index in [0.717, 1.165) is 12.1 Å². The molecule has 1 aromatic heterocycles. The monoisotopic (exact) mass is 178 g/mol. The van der Waals surface area contributed by atoms with E-state index in [0.29, 0.717) is 5.92 Å². The van der Waals surface area contributed by atoms with Gasteiger partial charge >= 0.3 is 0 Å². The zero-order valence-corrected chi connectivity index (χ0v) is 8.62. The van der Waals surface area contributed by atoms with Crippen LogP contribution in [0.1, 0.15) is 26.5 Å². The summed E-state index contributed by atoms with van der Waals surface area (Å²) in [5.41, 5.74) is 7.06. The third kappa shape index (κ3) is 2.81. The van der Waals surface area contributed by atoms with Gasteiger partial charge in [0, 0.05) is 23.9 Å². The molecule has 1 aromatic rings. The van der Waals surface area contributed by atoms with E-state index in [4.69, 9.17) is 5.73 Å². The van der Waals surface area contributed by atoms with Crippen molar-refractivity contribution in [1.29, 1.82) is 0 Å². The number of aromatic nitrogens is 1. The van der Waals surface area contributed by atoms with Crippen LogP contribution >= 0.6 is 0 Å². The fourth-order valence-corrected chi connectivity index (χ4v) is 1.10. The number of nitrogens with zero attached hydrogens (tertiary/aromatic N) is 1. The van der Waals surface area contributed by atoms with Crippen LogP contribution in [0.3, 0.4) is 0 Å². The molecular formula is C11H18N2. The van der Waals surface area contributed by atoms with Gasteiger partial charge in [-0.1, -0.05) is 19.9 Å². The molecule has 0 aliphatic heterocycles. The molecule has 1 unspecified atom stereocenters. The maximum absolute atomic E-state index is 6.15. The molecule has 72 valence electrons. The van der Waals surface area contributed by atoms with Crippen molar-refractivity contribution >= 4 is 0 Å². The quantitative estimate of drug-likeness (QED) is 0.768. The minimum atomic E-state index is -0.158. The third-order valence-corrected chi connectivity index (χ3v) is 2.61. The third-order valence-electron chi connectivity index (χ3n) is 2.61. The molecule has 0 aromatic carbocycles. The van der Waals surface area contributed by atoms with Gasteiger partial charge in [0.05, 0.1) is 0 Å². The van der Waals surface area contributed by atoms with Gasteiger partial charge in [-0.25, -0.2) is 0 Å². The van der Waals surface area contributed by atoms with Crippen molar-refractivity contribution in [2.75, 3.05) is 0 Å². The Labute approximate surface area is 80.2 Å². The fraction of sp³-hybridized carbons (Fsp3) is 0.545. The summed E-state index contributed by atoms with van der Waals surface area (Å²) in [6, 6.07) is 5.94. The summed E-state index contributed by atoms with van der Waals surface area (Å²) < 4.78 is 0. The molecule has 2 heteroatoms. The Hall–Kier alpha value is -0.890. The maximum atomic E-state index is 6.15. The standard InChI is InChI=1S/C11H18N2/c1-9(2)11(3,12)8-10-6-4-5-7-13-10/h4-7,9H,8,12H2,1-3H3. The summed E-state index contributed by atoms with van der Waals surface area (Å²) in [5, 5.41) is 0. The van der Waals surface area contributed by atoms with Crippen LogP contribution in [0.15, 0.2) is 24.4 Å². The summed E-state index contributed by atoms with van der Waals surface area (Å²) in [7, 11) is 0. The highest BCUT2D eigenvalue weighted by atomic mass is 14.8. The first-order valence-corrected chi connectivity index (χ1v) is 4.71. The van der Waals surface area contributed by atoms with E-state index in [1.165, 1.54) is 0 Å². The summed E-state index contributed by atoms with van der Waals surface area (Å²) in [5.74, 6) is 0.467. The SMILES string of the molecule is CC(C)C(C)(N)Cc1ccccn1. The molecule has 0 amide bonds. The van der Waals surface area contributed by atoms with Crippen LogP contribution in [0.5, 0.6) is 0 Å². The van der Waals surface area contributed by atoms with E-state index in [-0.39, 0.29) is 5.54 Å². The van der Waals surface area contributed by atoms with Crippen molar-refractivity contribution < 1.29 is 0 Å². The molecular weight excluding hydrogens is 160 g/mol. The topological polar surface area (TPSA) is 38.9 Å². The van der Waals surface area contributed by atoms with Gasteiger partial charge in [-0.05, 0) is 25.0 Å². The van der Waals surface area contributed by atoms with Crippen LogP contribution < -0.4 is 5.73 Å². The van der Waals surface area contributed by atoms with Gasteiger partial charge in [0.25, 0.3) is 0 Å². The Kier molecular flexibility index (Phi) is 3.04. The number of rotatable bonds is 3. The van der Waals surface area contributed by atoms with Crippen molar-refractivity contribution in [1.82, 2.24) is 4.98 Å². The van der Waals surface area contributed by atoms with Gasteiger partial charge in [0.15, 0.2) is 0 Å². The minimum absolute atomic E-state index is 0.158. The Balaban J connectivity index is 2.69. The first-order chi connectivity index (χ1) is 6.02. The first-order valence-electron chi connectivity index (χ1n) is 4.71. The molecule has 0 radical (unpaired) electrons. The summed E-state index contributed by atoms with van der Waals surface area (Å²) >= 11 is 0. The predicted octanol–water partition coefficient (Wildman–Crippen LogP) is 2.00. The van der Waals surface area contributed by atoms with Gasteiger partial charge in [0.1, 0.15) is 0 Å². The molecule has 0 saturated heterocycles. The smallest absolute Gasteiger partial charge is 0.0421 e. The molecule has 0 bridgehead atoms. The molecule has 2 N–H and O–H groups in total. The number of pyridine rings is 1. The van der Waals surface area contributed by atoms with Crippen molar-refractivity contribution in [3.63, 3.8) is 0 Å². The molecule has 1 rings (SSSR count). The number of hydrogen-bond donors (Lipinski definition) is 1. The molecule has 0 spiro atoms. The molecule has 0 aliphatic rings. The molecule has 0 fully saturated rings. The van der Waals surface area contributed by atoms with Gasteiger partial charge < -0.3 is 5.73 Å². The lowest BCUT2D eigenvalue weighted by atomic mass is 9.85.